The van der Waals surface area contributed by atoms with Gasteiger partial charge in [0.1, 0.15) is 5.75 Å². The first-order valence-corrected chi connectivity index (χ1v) is 7.57. The number of nitrogens with one attached hydrogen (secondary N) is 1. The minimum Gasteiger partial charge on any atom is -0.496 e. The van der Waals surface area contributed by atoms with Gasteiger partial charge in [0.2, 0.25) is 0 Å². The van der Waals surface area contributed by atoms with Crippen molar-refractivity contribution in [1.82, 2.24) is 5.32 Å². The molecule has 0 spiro atoms. The van der Waals surface area contributed by atoms with Crippen LogP contribution in [-0.4, -0.2) is 13.0 Å². The molecule has 0 saturated heterocycles. The maximum absolute atomic E-state index is 12.5. The van der Waals surface area contributed by atoms with Gasteiger partial charge in [-0.1, -0.05) is 36.8 Å². The summed E-state index contributed by atoms with van der Waals surface area (Å²) in [5.41, 5.74) is 3.96. The average molecular weight is 297 g/mol. The lowest BCUT2D eigenvalue weighted by molar-refractivity contribution is 0.0935. The van der Waals surface area contributed by atoms with Gasteiger partial charge in [-0.05, 0) is 49.6 Å². The third-order valence-electron chi connectivity index (χ3n) is 3.85. The minimum atomic E-state index is -0.0572. The van der Waals surface area contributed by atoms with E-state index in [4.69, 9.17) is 4.74 Å². The molecule has 0 aromatic heterocycles. The Morgan fingerprint density at radius 2 is 1.82 bits per heavy atom. The lowest BCUT2D eigenvalue weighted by Gasteiger charge is -2.18. The quantitative estimate of drug-likeness (QED) is 0.898. The maximum atomic E-state index is 12.5. The smallest absolute Gasteiger partial charge is 0.251 e. The van der Waals surface area contributed by atoms with Crippen molar-refractivity contribution >= 4 is 5.91 Å². The number of aryl methyl sites for hydroxylation is 2. The summed E-state index contributed by atoms with van der Waals surface area (Å²) in [4.78, 5) is 12.5. The van der Waals surface area contributed by atoms with Gasteiger partial charge in [0.05, 0.1) is 13.2 Å². The molecule has 2 aromatic rings. The molecule has 0 aliphatic heterocycles. The molecule has 3 heteroatoms. The van der Waals surface area contributed by atoms with Gasteiger partial charge in [0.25, 0.3) is 5.91 Å². The molecule has 0 bridgehead atoms. The van der Waals surface area contributed by atoms with Crippen LogP contribution in [0.25, 0.3) is 0 Å². The molecular weight excluding hydrogens is 274 g/mol. The van der Waals surface area contributed by atoms with Crippen molar-refractivity contribution in [3.63, 3.8) is 0 Å². The summed E-state index contributed by atoms with van der Waals surface area (Å²) in [5, 5.41) is 3.10. The Bertz CT molecular complexity index is 647. The summed E-state index contributed by atoms with van der Waals surface area (Å²) in [7, 11) is 1.63. The van der Waals surface area contributed by atoms with Crippen LogP contribution >= 0.6 is 0 Å². The van der Waals surface area contributed by atoms with E-state index in [1.165, 1.54) is 5.56 Å². The summed E-state index contributed by atoms with van der Waals surface area (Å²) >= 11 is 0. The molecular formula is C19H23NO2. The lowest BCUT2D eigenvalue weighted by Crippen LogP contribution is -2.28. The highest BCUT2D eigenvalue weighted by atomic mass is 16.5. The normalized spacial score (nSPS) is 11.8. The summed E-state index contributed by atoms with van der Waals surface area (Å²) in [6.45, 7) is 6.07. The Balaban J connectivity index is 2.15. The number of ether oxygens (including phenoxy) is 1. The summed E-state index contributed by atoms with van der Waals surface area (Å²) in [6, 6.07) is 13.8. The molecule has 22 heavy (non-hydrogen) atoms. The minimum absolute atomic E-state index is 0.0236. The van der Waals surface area contributed by atoms with Crippen LogP contribution in [0.5, 0.6) is 5.75 Å². The molecule has 116 valence electrons. The van der Waals surface area contributed by atoms with Crippen LogP contribution in [0.2, 0.25) is 0 Å². The second-order valence-electron chi connectivity index (χ2n) is 5.53. The Kier molecular flexibility index (Phi) is 5.21. The van der Waals surface area contributed by atoms with Gasteiger partial charge in [-0.3, -0.25) is 4.79 Å². The Hall–Kier alpha value is -2.29. The van der Waals surface area contributed by atoms with Crippen LogP contribution in [0.15, 0.2) is 42.5 Å². The third kappa shape index (κ3) is 3.67. The molecule has 2 aromatic carbocycles. The number of methoxy groups -OCH3 is 1. The van der Waals surface area contributed by atoms with E-state index in [9.17, 15) is 4.79 Å². The van der Waals surface area contributed by atoms with Crippen molar-refractivity contribution in [2.24, 2.45) is 0 Å². The standard InChI is InChI=1S/C19H23NO2/c1-5-17(15-8-6-13(2)7-9-15)20-19(21)16-10-11-18(22-4)14(3)12-16/h6-12,17H,5H2,1-4H3,(H,20,21)/t17-/m1/s1. The van der Waals surface area contributed by atoms with Gasteiger partial charge in [-0.15, -0.1) is 0 Å². The van der Waals surface area contributed by atoms with E-state index in [0.29, 0.717) is 5.56 Å². The van der Waals surface area contributed by atoms with E-state index in [1.54, 1.807) is 13.2 Å². The van der Waals surface area contributed by atoms with Gasteiger partial charge < -0.3 is 10.1 Å². The van der Waals surface area contributed by atoms with Crippen molar-refractivity contribution in [1.29, 1.82) is 0 Å². The van der Waals surface area contributed by atoms with Crippen molar-refractivity contribution in [3.8, 4) is 5.75 Å². The molecule has 0 unspecified atom stereocenters. The van der Waals surface area contributed by atoms with Crippen LogP contribution in [-0.2, 0) is 0 Å². The number of hydrogen-bond acceptors (Lipinski definition) is 2. The van der Waals surface area contributed by atoms with E-state index < -0.39 is 0 Å². The van der Waals surface area contributed by atoms with Gasteiger partial charge in [-0.2, -0.15) is 0 Å². The van der Waals surface area contributed by atoms with E-state index in [-0.39, 0.29) is 11.9 Å². The second-order valence-corrected chi connectivity index (χ2v) is 5.53. The van der Waals surface area contributed by atoms with Crippen LogP contribution < -0.4 is 10.1 Å². The van der Waals surface area contributed by atoms with Gasteiger partial charge in [0, 0.05) is 5.56 Å². The molecule has 0 aliphatic rings. The summed E-state index contributed by atoms with van der Waals surface area (Å²) < 4.78 is 5.23. The van der Waals surface area contributed by atoms with Crippen molar-refractivity contribution in [2.75, 3.05) is 7.11 Å². The van der Waals surface area contributed by atoms with Crippen LogP contribution in [0.1, 0.15) is 46.4 Å². The number of hydrogen-bond donors (Lipinski definition) is 1. The molecule has 1 atom stereocenters. The molecule has 0 radical (unpaired) electrons. The van der Waals surface area contributed by atoms with Crippen molar-refractivity contribution < 1.29 is 9.53 Å². The number of benzene rings is 2. The van der Waals surface area contributed by atoms with Gasteiger partial charge >= 0.3 is 0 Å². The fourth-order valence-electron chi connectivity index (χ4n) is 2.48. The van der Waals surface area contributed by atoms with E-state index in [2.05, 4.69) is 43.4 Å². The number of carbonyl (C=O) groups is 1. The average Bonchev–Trinajstić information content (AvgIpc) is 2.53. The zero-order valence-electron chi connectivity index (χ0n) is 13.6. The molecule has 0 saturated carbocycles. The molecule has 1 N–H and O–H groups in total. The fourth-order valence-corrected chi connectivity index (χ4v) is 2.48. The number of carbonyl (C=O) groups excluding carboxylic acids is 1. The first kappa shape index (κ1) is 16.1. The van der Waals surface area contributed by atoms with Crippen LogP contribution in [0.4, 0.5) is 0 Å². The molecule has 2 rings (SSSR count). The highest BCUT2D eigenvalue weighted by molar-refractivity contribution is 5.94. The maximum Gasteiger partial charge on any atom is 0.251 e. The largest absolute Gasteiger partial charge is 0.496 e. The Morgan fingerprint density at radius 3 is 2.36 bits per heavy atom. The summed E-state index contributed by atoms with van der Waals surface area (Å²) in [5.74, 6) is 0.736. The highest BCUT2D eigenvalue weighted by Crippen LogP contribution is 2.21. The first-order valence-electron chi connectivity index (χ1n) is 7.57. The monoisotopic (exact) mass is 297 g/mol. The highest BCUT2D eigenvalue weighted by Gasteiger charge is 2.14. The van der Waals surface area contributed by atoms with Crippen molar-refractivity contribution in [2.45, 2.75) is 33.2 Å². The first-order chi connectivity index (χ1) is 10.5. The van der Waals surface area contributed by atoms with E-state index in [0.717, 1.165) is 23.3 Å². The van der Waals surface area contributed by atoms with E-state index in [1.807, 2.05) is 19.1 Å². The fraction of sp³-hybridized carbons (Fsp3) is 0.316. The van der Waals surface area contributed by atoms with Crippen LogP contribution in [0, 0.1) is 13.8 Å². The topological polar surface area (TPSA) is 38.3 Å². The summed E-state index contributed by atoms with van der Waals surface area (Å²) in [6.07, 6.45) is 0.851. The van der Waals surface area contributed by atoms with Gasteiger partial charge in [0.15, 0.2) is 0 Å². The Morgan fingerprint density at radius 1 is 1.14 bits per heavy atom. The molecule has 0 heterocycles. The third-order valence-corrected chi connectivity index (χ3v) is 3.85. The van der Waals surface area contributed by atoms with Crippen LogP contribution in [0.3, 0.4) is 0 Å². The lowest BCUT2D eigenvalue weighted by atomic mass is 10.0. The number of rotatable bonds is 5. The van der Waals surface area contributed by atoms with Gasteiger partial charge in [-0.25, -0.2) is 0 Å². The molecule has 0 aliphatic carbocycles. The zero-order valence-corrected chi connectivity index (χ0v) is 13.6. The van der Waals surface area contributed by atoms with E-state index >= 15 is 0 Å². The Labute approximate surface area is 132 Å². The SMILES string of the molecule is CC[C@@H](NC(=O)c1ccc(OC)c(C)c1)c1ccc(C)cc1. The predicted molar refractivity (Wildman–Crippen MR) is 89.4 cm³/mol. The zero-order chi connectivity index (χ0) is 16.1. The predicted octanol–water partition coefficient (Wildman–Crippen LogP) is 4.19. The van der Waals surface area contributed by atoms with Crippen molar-refractivity contribution in [3.05, 3.63) is 64.7 Å². The molecule has 3 nitrogen and oxygen atoms in total. The molecule has 1 amide bonds. The molecule has 0 fully saturated rings. The second kappa shape index (κ2) is 7.12. The number of amides is 1.